The minimum absolute atomic E-state index is 0.578. The summed E-state index contributed by atoms with van der Waals surface area (Å²) in [5.41, 5.74) is 0. The molecule has 1 aliphatic heterocycles. The molecule has 17 heavy (non-hydrogen) atoms. The van der Waals surface area contributed by atoms with Crippen LogP contribution >= 0.6 is 0 Å². The van der Waals surface area contributed by atoms with Crippen LogP contribution < -0.4 is 0 Å². The number of hydrogen-bond donors (Lipinski definition) is 0. The van der Waals surface area contributed by atoms with E-state index in [-0.39, 0.29) is 0 Å². The van der Waals surface area contributed by atoms with Crippen LogP contribution in [-0.4, -0.2) is 25.8 Å². The lowest BCUT2D eigenvalue weighted by molar-refractivity contribution is -0.374. The zero-order valence-corrected chi connectivity index (χ0v) is 11.2. The van der Waals surface area contributed by atoms with Crippen LogP contribution in [0.15, 0.2) is 12.2 Å². The fourth-order valence-corrected chi connectivity index (χ4v) is 1.89. The Morgan fingerprint density at radius 2 is 1.71 bits per heavy atom. The van der Waals surface area contributed by atoms with Crippen LogP contribution in [0.3, 0.4) is 0 Å². The zero-order chi connectivity index (χ0) is 12.4. The van der Waals surface area contributed by atoms with Crippen molar-refractivity contribution in [2.24, 2.45) is 0 Å². The summed E-state index contributed by atoms with van der Waals surface area (Å²) in [4.78, 5) is 0. The van der Waals surface area contributed by atoms with Gasteiger partial charge in [0.05, 0.1) is 19.8 Å². The second-order valence-corrected chi connectivity index (χ2v) is 4.44. The van der Waals surface area contributed by atoms with Crippen molar-refractivity contribution in [3.05, 3.63) is 12.2 Å². The highest BCUT2D eigenvalue weighted by Gasteiger charge is 2.32. The lowest BCUT2D eigenvalue weighted by Gasteiger charge is -2.31. The molecule has 0 saturated carbocycles. The molecule has 0 spiro atoms. The van der Waals surface area contributed by atoms with Gasteiger partial charge < -0.3 is 14.2 Å². The summed E-state index contributed by atoms with van der Waals surface area (Å²) >= 11 is 0. The van der Waals surface area contributed by atoms with Crippen LogP contribution in [0.1, 0.15) is 52.4 Å². The molecule has 0 amide bonds. The first kappa shape index (κ1) is 14.7. The summed E-state index contributed by atoms with van der Waals surface area (Å²) < 4.78 is 17.3. The summed E-state index contributed by atoms with van der Waals surface area (Å²) in [5, 5.41) is 0. The van der Waals surface area contributed by atoms with Gasteiger partial charge in [0, 0.05) is 6.42 Å². The van der Waals surface area contributed by atoms with Gasteiger partial charge in [-0.25, -0.2) is 0 Å². The van der Waals surface area contributed by atoms with Gasteiger partial charge in [-0.05, 0) is 12.8 Å². The second kappa shape index (κ2) is 8.67. The van der Waals surface area contributed by atoms with Crippen molar-refractivity contribution in [3.63, 3.8) is 0 Å². The Labute approximate surface area is 105 Å². The topological polar surface area (TPSA) is 27.7 Å². The predicted molar refractivity (Wildman–Crippen MR) is 68.8 cm³/mol. The van der Waals surface area contributed by atoms with Crippen molar-refractivity contribution in [1.29, 1.82) is 0 Å². The van der Waals surface area contributed by atoms with Crippen molar-refractivity contribution < 1.29 is 14.2 Å². The highest BCUT2D eigenvalue weighted by molar-refractivity contribution is 4.84. The Kier molecular flexibility index (Phi) is 7.49. The SMILES string of the molecule is CCCCCCOC1(CCC)OCC=CCO1. The quantitative estimate of drug-likeness (QED) is 0.480. The molecule has 0 unspecified atom stereocenters. The molecule has 0 saturated heterocycles. The highest BCUT2D eigenvalue weighted by atomic mass is 16.9. The molecule has 1 rings (SSSR count). The summed E-state index contributed by atoms with van der Waals surface area (Å²) in [6, 6.07) is 0. The van der Waals surface area contributed by atoms with Crippen LogP contribution in [-0.2, 0) is 14.2 Å². The zero-order valence-electron chi connectivity index (χ0n) is 11.2. The monoisotopic (exact) mass is 242 g/mol. The third-order valence-corrected chi connectivity index (χ3v) is 2.84. The average Bonchev–Trinajstić information content (AvgIpc) is 2.56. The van der Waals surface area contributed by atoms with Gasteiger partial charge in [-0.3, -0.25) is 0 Å². The molecule has 0 N–H and O–H groups in total. The van der Waals surface area contributed by atoms with Gasteiger partial charge >= 0.3 is 0 Å². The maximum atomic E-state index is 5.85. The Hall–Kier alpha value is -0.380. The minimum Gasteiger partial charge on any atom is -0.327 e. The smallest absolute Gasteiger partial charge is 0.283 e. The molecule has 3 nitrogen and oxygen atoms in total. The van der Waals surface area contributed by atoms with E-state index in [0.29, 0.717) is 13.2 Å². The van der Waals surface area contributed by atoms with E-state index >= 15 is 0 Å². The van der Waals surface area contributed by atoms with Crippen molar-refractivity contribution in [2.75, 3.05) is 19.8 Å². The fraction of sp³-hybridized carbons (Fsp3) is 0.857. The maximum Gasteiger partial charge on any atom is 0.283 e. The Bertz CT molecular complexity index is 204. The standard InChI is InChI=1S/C14H26O3/c1-3-5-6-7-11-15-14(10-4-2)16-12-8-9-13-17-14/h8-9H,3-7,10-13H2,1-2H3. The van der Waals surface area contributed by atoms with Gasteiger partial charge in [-0.2, -0.15) is 0 Å². The molecule has 100 valence electrons. The van der Waals surface area contributed by atoms with Crippen LogP contribution in [0.25, 0.3) is 0 Å². The number of rotatable bonds is 8. The molecule has 3 heteroatoms. The van der Waals surface area contributed by atoms with Crippen molar-refractivity contribution >= 4 is 0 Å². The lowest BCUT2D eigenvalue weighted by atomic mass is 10.2. The third-order valence-electron chi connectivity index (χ3n) is 2.84. The van der Waals surface area contributed by atoms with Gasteiger partial charge in [0.2, 0.25) is 0 Å². The van der Waals surface area contributed by atoms with E-state index in [4.69, 9.17) is 14.2 Å². The van der Waals surface area contributed by atoms with Crippen LogP contribution in [0.2, 0.25) is 0 Å². The summed E-state index contributed by atoms with van der Waals surface area (Å²) in [6.07, 6.45) is 10.6. The molecule has 1 heterocycles. The molecule has 0 atom stereocenters. The van der Waals surface area contributed by atoms with Gasteiger partial charge in [0.15, 0.2) is 0 Å². The van der Waals surface area contributed by atoms with Gasteiger partial charge in [0.25, 0.3) is 5.97 Å². The van der Waals surface area contributed by atoms with E-state index in [0.717, 1.165) is 25.9 Å². The van der Waals surface area contributed by atoms with E-state index in [1.54, 1.807) is 0 Å². The second-order valence-electron chi connectivity index (χ2n) is 4.44. The predicted octanol–water partition coefficient (Wildman–Crippen LogP) is 3.64. The molecule has 0 aliphatic carbocycles. The van der Waals surface area contributed by atoms with Gasteiger partial charge in [-0.15, -0.1) is 0 Å². The van der Waals surface area contributed by atoms with Crippen LogP contribution in [0.5, 0.6) is 0 Å². The van der Waals surface area contributed by atoms with E-state index in [1.165, 1.54) is 19.3 Å². The molecule has 0 bridgehead atoms. The Balaban J connectivity index is 2.31. The maximum absolute atomic E-state index is 5.85. The Morgan fingerprint density at radius 1 is 1.00 bits per heavy atom. The largest absolute Gasteiger partial charge is 0.327 e. The number of ether oxygens (including phenoxy) is 3. The number of unbranched alkanes of at least 4 members (excludes halogenated alkanes) is 3. The van der Waals surface area contributed by atoms with Crippen molar-refractivity contribution in [3.8, 4) is 0 Å². The molecule has 0 aromatic carbocycles. The summed E-state index contributed by atoms with van der Waals surface area (Å²) in [5.74, 6) is -0.801. The molecule has 0 radical (unpaired) electrons. The van der Waals surface area contributed by atoms with Crippen molar-refractivity contribution in [1.82, 2.24) is 0 Å². The van der Waals surface area contributed by atoms with Crippen LogP contribution in [0.4, 0.5) is 0 Å². The molecular formula is C14H26O3. The normalized spacial score (nSPS) is 19.2. The molecule has 0 aromatic heterocycles. The summed E-state index contributed by atoms with van der Waals surface area (Å²) in [7, 11) is 0. The molecule has 0 fully saturated rings. The fourth-order valence-electron chi connectivity index (χ4n) is 1.89. The molecule has 0 aromatic rings. The van der Waals surface area contributed by atoms with Crippen LogP contribution in [0, 0.1) is 0 Å². The first-order valence-corrected chi connectivity index (χ1v) is 6.90. The van der Waals surface area contributed by atoms with Gasteiger partial charge in [-0.1, -0.05) is 45.3 Å². The van der Waals surface area contributed by atoms with E-state index in [2.05, 4.69) is 13.8 Å². The van der Waals surface area contributed by atoms with Gasteiger partial charge in [0.1, 0.15) is 0 Å². The van der Waals surface area contributed by atoms with E-state index < -0.39 is 5.97 Å². The Morgan fingerprint density at radius 3 is 2.29 bits per heavy atom. The molecular weight excluding hydrogens is 216 g/mol. The van der Waals surface area contributed by atoms with E-state index in [1.807, 2.05) is 12.2 Å². The first-order chi connectivity index (χ1) is 8.33. The van der Waals surface area contributed by atoms with Crippen molar-refractivity contribution in [2.45, 2.75) is 58.3 Å². The minimum atomic E-state index is -0.801. The average molecular weight is 242 g/mol. The third kappa shape index (κ3) is 5.66. The molecule has 1 aliphatic rings. The van der Waals surface area contributed by atoms with E-state index in [9.17, 15) is 0 Å². The summed E-state index contributed by atoms with van der Waals surface area (Å²) in [6.45, 7) is 6.21. The first-order valence-electron chi connectivity index (χ1n) is 6.90. The number of hydrogen-bond acceptors (Lipinski definition) is 3. The lowest BCUT2D eigenvalue weighted by Crippen LogP contribution is -2.39. The highest BCUT2D eigenvalue weighted by Crippen LogP contribution is 2.24.